The molecule has 0 amide bonds. The molecule has 19 heavy (non-hydrogen) atoms. The van der Waals surface area contributed by atoms with Gasteiger partial charge in [0, 0.05) is 16.8 Å². The van der Waals surface area contributed by atoms with Gasteiger partial charge < -0.3 is 0 Å². The second kappa shape index (κ2) is 5.35. The summed E-state index contributed by atoms with van der Waals surface area (Å²) in [7, 11) is 0. The Labute approximate surface area is 125 Å². The van der Waals surface area contributed by atoms with E-state index < -0.39 is 0 Å². The molecule has 1 aromatic heterocycles. The van der Waals surface area contributed by atoms with Crippen LogP contribution in [0.4, 0.5) is 0 Å². The van der Waals surface area contributed by atoms with Gasteiger partial charge in [-0.05, 0) is 40.2 Å². The predicted molar refractivity (Wildman–Crippen MR) is 83.2 cm³/mol. The average molecular weight is 336 g/mol. The van der Waals surface area contributed by atoms with E-state index in [1.54, 1.807) is 0 Å². The zero-order valence-corrected chi connectivity index (χ0v) is 12.5. The first-order chi connectivity index (χ1) is 9.31. The molecule has 2 nitrogen and oxygen atoms in total. The number of aryl methyl sites for hydroxylation is 1. The van der Waals surface area contributed by atoms with Gasteiger partial charge in [0.1, 0.15) is 5.82 Å². The van der Waals surface area contributed by atoms with E-state index in [9.17, 15) is 0 Å². The number of nitrogens with zero attached hydrogens (tertiary/aromatic N) is 2. The van der Waals surface area contributed by atoms with E-state index in [1.165, 1.54) is 0 Å². The lowest BCUT2D eigenvalue weighted by molar-refractivity contribution is 0.909. The van der Waals surface area contributed by atoms with Gasteiger partial charge in [-0.3, -0.25) is 4.57 Å². The molecule has 3 rings (SSSR count). The fraction of sp³-hybridized carbons (Fsp3) is 0.133. The molecule has 0 fully saturated rings. The Morgan fingerprint density at radius 3 is 2.58 bits per heavy atom. The highest BCUT2D eigenvalue weighted by Crippen LogP contribution is 2.27. The highest BCUT2D eigenvalue weighted by molar-refractivity contribution is 9.10. The van der Waals surface area contributed by atoms with Gasteiger partial charge in [-0.15, -0.1) is 11.6 Å². The zero-order chi connectivity index (χ0) is 13.2. The zero-order valence-electron chi connectivity index (χ0n) is 10.2. The molecule has 3 aromatic rings. The third-order valence-electron chi connectivity index (χ3n) is 3.04. The third kappa shape index (κ3) is 2.28. The number of halogens is 2. The Kier molecular flexibility index (Phi) is 3.58. The Morgan fingerprint density at radius 2 is 1.79 bits per heavy atom. The molecular formula is C15H12BrClN2. The fourth-order valence-corrected chi connectivity index (χ4v) is 2.86. The summed E-state index contributed by atoms with van der Waals surface area (Å²) in [5, 5.41) is 0. The molecule has 0 saturated heterocycles. The van der Waals surface area contributed by atoms with Crippen molar-refractivity contribution in [2.24, 2.45) is 0 Å². The number of rotatable bonds is 3. The van der Waals surface area contributed by atoms with Gasteiger partial charge in [0.15, 0.2) is 0 Å². The maximum atomic E-state index is 5.90. The quantitative estimate of drug-likeness (QED) is 0.641. The number of benzene rings is 2. The summed E-state index contributed by atoms with van der Waals surface area (Å²) in [4.78, 5) is 4.68. The summed E-state index contributed by atoms with van der Waals surface area (Å²) in [6, 6.07) is 16.3. The number of imidazole rings is 1. The minimum atomic E-state index is 0.563. The van der Waals surface area contributed by atoms with Crippen molar-refractivity contribution in [2.75, 3.05) is 5.88 Å². The monoisotopic (exact) mass is 334 g/mol. The molecule has 96 valence electrons. The van der Waals surface area contributed by atoms with Gasteiger partial charge in [0.2, 0.25) is 0 Å². The minimum absolute atomic E-state index is 0.563. The molecule has 0 aliphatic carbocycles. The van der Waals surface area contributed by atoms with E-state index in [0.717, 1.165) is 33.4 Å². The smallest absolute Gasteiger partial charge is 0.115 e. The number of aromatic nitrogens is 2. The maximum absolute atomic E-state index is 5.90. The number of para-hydroxylation sites is 3. The SMILES string of the molecule is ClCCc1nc2ccccc2n1-c1ccccc1Br. The summed E-state index contributed by atoms with van der Waals surface area (Å²) in [6.07, 6.45) is 0.748. The van der Waals surface area contributed by atoms with Gasteiger partial charge in [0.25, 0.3) is 0 Å². The third-order valence-corrected chi connectivity index (χ3v) is 3.90. The molecule has 0 aliphatic rings. The van der Waals surface area contributed by atoms with Crippen molar-refractivity contribution in [1.82, 2.24) is 9.55 Å². The van der Waals surface area contributed by atoms with Gasteiger partial charge in [0.05, 0.1) is 16.7 Å². The topological polar surface area (TPSA) is 17.8 Å². The molecule has 0 spiro atoms. The second-order valence-electron chi connectivity index (χ2n) is 4.24. The molecular weight excluding hydrogens is 324 g/mol. The number of hydrogen-bond acceptors (Lipinski definition) is 1. The molecule has 0 bridgehead atoms. The molecule has 0 aliphatic heterocycles. The predicted octanol–water partition coefficient (Wildman–Crippen LogP) is 4.57. The lowest BCUT2D eigenvalue weighted by atomic mass is 10.2. The van der Waals surface area contributed by atoms with Crippen LogP contribution >= 0.6 is 27.5 Å². The van der Waals surface area contributed by atoms with Crippen LogP contribution in [0.25, 0.3) is 16.7 Å². The van der Waals surface area contributed by atoms with E-state index in [-0.39, 0.29) is 0 Å². The van der Waals surface area contributed by atoms with Crippen LogP contribution in [0.1, 0.15) is 5.82 Å². The summed E-state index contributed by atoms with van der Waals surface area (Å²) in [5.74, 6) is 1.55. The van der Waals surface area contributed by atoms with E-state index >= 15 is 0 Å². The minimum Gasteiger partial charge on any atom is -0.295 e. The Morgan fingerprint density at radius 1 is 1.05 bits per heavy atom. The van der Waals surface area contributed by atoms with Gasteiger partial charge in [-0.25, -0.2) is 4.98 Å². The van der Waals surface area contributed by atoms with Crippen molar-refractivity contribution in [3.8, 4) is 5.69 Å². The van der Waals surface area contributed by atoms with Crippen LogP contribution in [0.5, 0.6) is 0 Å². The van der Waals surface area contributed by atoms with Crippen molar-refractivity contribution in [1.29, 1.82) is 0 Å². The molecule has 1 heterocycles. The van der Waals surface area contributed by atoms with Gasteiger partial charge in [-0.1, -0.05) is 24.3 Å². The first-order valence-corrected chi connectivity index (χ1v) is 7.41. The Hall–Kier alpha value is -1.32. The fourth-order valence-electron chi connectivity index (χ4n) is 2.23. The lowest BCUT2D eigenvalue weighted by Gasteiger charge is -2.10. The van der Waals surface area contributed by atoms with Crippen LogP contribution in [0.15, 0.2) is 53.0 Å². The van der Waals surface area contributed by atoms with Crippen molar-refractivity contribution in [2.45, 2.75) is 6.42 Å². The van der Waals surface area contributed by atoms with Crippen LogP contribution in [0.2, 0.25) is 0 Å². The van der Waals surface area contributed by atoms with E-state index in [2.05, 4.69) is 37.6 Å². The highest BCUT2D eigenvalue weighted by Gasteiger charge is 2.13. The first kappa shape index (κ1) is 12.7. The average Bonchev–Trinajstić information content (AvgIpc) is 2.78. The van der Waals surface area contributed by atoms with E-state index in [0.29, 0.717) is 5.88 Å². The van der Waals surface area contributed by atoms with Crippen LogP contribution in [-0.2, 0) is 6.42 Å². The summed E-state index contributed by atoms with van der Waals surface area (Å²) in [5.41, 5.74) is 3.20. The van der Waals surface area contributed by atoms with Crippen LogP contribution in [-0.4, -0.2) is 15.4 Å². The molecule has 4 heteroatoms. The largest absolute Gasteiger partial charge is 0.295 e. The van der Waals surface area contributed by atoms with Crippen molar-refractivity contribution < 1.29 is 0 Å². The summed E-state index contributed by atoms with van der Waals surface area (Å²) < 4.78 is 3.22. The number of hydrogen-bond donors (Lipinski definition) is 0. The van der Waals surface area contributed by atoms with Crippen LogP contribution in [0, 0.1) is 0 Å². The van der Waals surface area contributed by atoms with E-state index in [4.69, 9.17) is 11.6 Å². The van der Waals surface area contributed by atoms with Crippen molar-refractivity contribution >= 4 is 38.6 Å². The van der Waals surface area contributed by atoms with Gasteiger partial charge in [-0.2, -0.15) is 0 Å². The Balaban J connectivity index is 2.31. The number of alkyl halides is 1. The lowest BCUT2D eigenvalue weighted by Crippen LogP contribution is -2.02. The maximum Gasteiger partial charge on any atom is 0.115 e. The first-order valence-electron chi connectivity index (χ1n) is 6.08. The molecule has 0 saturated carbocycles. The second-order valence-corrected chi connectivity index (χ2v) is 5.47. The highest BCUT2D eigenvalue weighted by atomic mass is 79.9. The van der Waals surface area contributed by atoms with E-state index in [1.807, 2.05) is 36.4 Å². The van der Waals surface area contributed by atoms with Crippen molar-refractivity contribution in [3.63, 3.8) is 0 Å². The van der Waals surface area contributed by atoms with Crippen LogP contribution < -0.4 is 0 Å². The normalized spacial score (nSPS) is 11.1. The standard InChI is InChI=1S/C15H12BrClN2/c16-11-5-1-3-7-13(11)19-14-8-4-2-6-12(14)18-15(19)9-10-17/h1-8H,9-10H2. The molecule has 2 aromatic carbocycles. The summed E-state index contributed by atoms with van der Waals surface area (Å²) >= 11 is 9.50. The summed E-state index contributed by atoms with van der Waals surface area (Å²) in [6.45, 7) is 0. The molecule has 0 atom stereocenters. The van der Waals surface area contributed by atoms with Gasteiger partial charge >= 0.3 is 0 Å². The molecule has 0 N–H and O–H groups in total. The van der Waals surface area contributed by atoms with Crippen molar-refractivity contribution in [3.05, 3.63) is 58.8 Å². The number of fused-ring (bicyclic) bond motifs is 1. The van der Waals surface area contributed by atoms with Crippen LogP contribution in [0.3, 0.4) is 0 Å². The molecule has 0 radical (unpaired) electrons. The molecule has 0 unspecified atom stereocenters. The Bertz CT molecular complexity index is 721.